The third-order valence-electron chi connectivity index (χ3n) is 3.18. The van der Waals surface area contributed by atoms with Crippen LogP contribution in [0.1, 0.15) is 18.4 Å². The van der Waals surface area contributed by atoms with E-state index in [2.05, 4.69) is 0 Å². The summed E-state index contributed by atoms with van der Waals surface area (Å²) in [5, 5.41) is 10.0. The van der Waals surface area contributed by atoms with Gasteiger partial charge in [0.15, 0.2) is 0 Å². The van der Waals surface area contributed by atoms with Crippen LogP contribution in [0, 0.1) is 0 Å². The molecule has 4 nitrogen and oxygen atoms in total. The molecule has 106 valence electrons. The molecule has 20 heavy (non-hydrogen) atoms. The molecule has 1 aromatic rings. The topological polar surface area (TPSA) is 57.6 Å². The van der Waals surface area contributed by atoms with Crippen LogP contribution in [0.15, 0.2) is 24.3 Å². The number of hydrogen-bond donors (Lipinski definition) is 1. The molecular weight excluding hydrogens is 301 g/mol. The summed E-state index contributed by atoms with van der Waals surface area (Å²) in [4.78, 5) is 24.4. The van der Waals surface area contributed by atoms with Gasteiger partial charge in [-0.2, -0.15) is 0 Å². The Bertz CT molecular complexity index is 572. The van der Waals surface area contributed by atoms with E-state index in [-0.39, 0.29) is 5.91 Å². The largest absolute Gasteiger partial charge is 0.480 e. The number of carboxylic acids is 1. The number of nitrogens with zero attached hydrogens (tertiary/aromatic N) is 1. The minimum absolute atomic E-state index is 0.328. The highest BCUT2D eigenvalue weighted by Gasteiger charge is 2.32. The van der Waals surface area contributed by atoms with E-state index in [9.17, 15) is 9.59 Å². The average Bonchev–Trinajstić information content (AvgIpc) is 2.89. The summed E-state index contributed by atoms with van der Waals surface area (Å²) in [7, 11) is 0. The normalized spacial score (nSPS) is 18.7. The van der Waals surface area contributed by atoms with Gasteiger partial charge in [-0.15, -0.1) is 0 Å². The maximum atomic E-state index is 12.0. The Kier molecular flexibility index (Phi) is 4.68. The van der Waals surface area contributed by atoms with Gasteiger partial charge in [-0.05, 0) is 42.7 Å². The fourth-order valence-corrected chi connectivity index (χ4v) is 2.55. The Morgan fingerprint density at radius 2 is 2.10 bits per heavy atom. The van der Waals surface area contributed by atoms with Crippen molar-refractivity contribution in [3.63, 3.8) is 0 Å². The van der Waals surface area contributed by atoms with Gasteiger partial charge in [0.1, 0.15) is 6.04 Å². The van der Waals surface area contributed by atoms with E-state index in [0.29, 0.717) is 35.0 Å². The van der Waals surface area contributed by atoms with Gasteiger partial charge in [0.2, 0.25) is 5.91 Å². The monoisotopic (exact) mass is 313 g/mol. The van der Waals surface area contributed by atoms with Gasteiger partial charge in [0.25, 0.3) is 0 Å². The first-order chi connectivity index (χ1) is 9.49. The zero-order valence-electron chi connectivity index (χ0n) is 10.6. The number of carbonyl (C=O) groups is 2. The van der Waals surface area contributed by atoms with Crippen molar-refractivity contribution < 1.29 is 14.7 Å². The molecule has 0 aliphatic carbocycles. The van der Waals surface area contributed by atoms with Crippen molar-refractivity contribution in [3.05, 3.63) is 39.9 Å². The number of halogens is 2. The van der Waals surface area contributed by atoms with E-state index in [1.807, 2.05) is 0 Å². The molecule has 1 aliphatic heterocycles. The van der Waals surface area contributed by atoms with Crippen molar-refractivity contribution >= 4 is 41.2 Å². The molecule has 1 heterocycles. The van der Waals surface area contributed by atoms with E-state index in [4.69, 9.17) is 28.3 Å². The van der Waals surface area contributed by atoms with Gasteiger partial charge in [-0.1, -0.05) is 23.2 Å². The van der Waals surface area contributed by atoms with Crippen LogP contribution in [0.2, 0.25) is 10.0 Å². The van der Waals surface area contributed by atoms with Crippen LogP contribution in [-0.2, 0) is 9.59 Å². The van der Waals surface area contributed by atoms with Gasteiger partial charge in [-0.3, -0.25) is 4.79 Å². The van der Waals surface area contributed by atoms with E-state index >= 15 is 0 Å². The third kappa shape index (κ3) is 3.32. The van der Waals surface area contributed by atoms with Crippen molar-refractivity contribution in [2.45, 2.75) is 18.9 Å². The van der Waals surface area contributed by atoms with Crippen LogP contribution in [0.4, 0.5) is 0 Å². The Morgan fingerprint density at radius 1 is 1.35 bits per heavy atom. The van der Waals surface area contributed by atoms with E-state index < -0.39 is 12.0 Å². The summed E-state index contributed by atoms with van der Waals surface area (Å²) < 4.78 is 0. The van der Waals surface area contributed by atoms with Crippen LogP contribution >= 0.6 is 23.2 Å². The minimum atomic E-state index is -0.968. The van der Waals surface area contributed by atoms with Gasteiger partial charge >= 0.3 is 5.97 Å². The SMILES string of the molecule is O=C(O)C1CCCN1C(=O)/C=C/c1cc(Cl)ccc1Cl. The zero-order chi connectivity index (χ0) is 14.7. The molecule has 1 N–H and O–H groups in total. The lowest BCUT2D eigenvalue weighted by Gasteiger charge is -2.19. The van der Waals surface area contributed by atoms with Crippen LogP contribution in [0.25, 0.3) is 6.08 Å². The second kappa shape index (κ2) is 6.29. The molecule has 1 aromatic carbocycles. The molecule has 1 saturated heterocycles. The first-order valence-electron chi connectivity index (χ1n) is 6.15. The molecule has 1 atom stereocenters. The van der Waals surface area contributed by atoms with Crippen LogP contribution in [0.3, 0.4) is 0 Å². The molecule has 1 unspecified atom stereocenters. The number of rotatable bonds is 3. The molecule has 0 radical (unpaired) electrons. The molecule has 1 amide bonds. The van der Waals surface area contributed by atoms with Gasteiger partial charge in [0.05, 0.1) is 0 Å². The summed E-state index contributed by atoms with van der Waals surface area (Å²) in [6.07, 6.45) is 4.08. The lowest BCUT2D eigenvalue weighted by Crippen LogP contribution is -2.39. The van der Waals surface area contributed by atoms with Crippen LogP contribution < -0.4 is 0 Å². The Hall–Kier alpha value is -1.52. The minimum Gasteiger partial charge on any atom is -0.480 e. The second-order valence-corrected chi connectivity index (χ2v) is 5.37. The number of benzene rings is 1. The molecule has 0 bridgehead atoms. The molecule has 1 aliphatic rings. The summed E-state index contributed by atoms with van der Waals surface area (Å²) >= 11 is 11.8. The summed E-state index contributed by atoms with van der Waals surface area (Å²) in [6.45, 7) is 0.462. The van der Waals surface area contributed by atoms with E-state index in [1.54, 1.807) is 24.3 Å². The molecule has 0 saturated carbocycles. The molecular formula is C14H13Cl2NO3. The zero-order valence-corrected chi connectivity index (χ0v) is 12.1. The van der Waals surface area contributed by atoms with Gasteiger partial charge < -0.3 is 10.0 Å². The summed E-state index contributed by atoms with van der Waals surface area (Å²) in [5.74, 6) is -1.30. The maximum Gasteiger partial charge on any atom is 0.326 e. The third-order valence-corrected chi connectivity index (χ3v) is 3.76. The Balaban J connectivity index is 2.13. The molecule has 0 spiro atoms. The van der Waals surface area contributed by atoms with Gasteiger partial charge in [0, 0.05) is 22.7 Å². The number of carbonyl (C=O) groups excluding carboxylic acids is 1. The van der Waals surface area contributed by atoms with Crippen LogP contribution in [0.5, 0.6) is 0 Å². The van der Waals surface area contributed by atoms with Gasteiger partial charge in [-0.25, -0.2) is 4.79 Å². The maximum absolute atomic E-state index is 12.0. The number of aliphatic carboxylic acids is 1. The highest BCUT2D eigenvalue weighted by Crippen LogP contribution is 2.23. The van der Waals surface area contributed by atoms with Crippen molar-refractivity contribution in [2.24, 2.45) is 0 Å². The summed E-state index contributed by atoms with van der Waals surface area (Å²) in [5.41, 5.74) is 0.624. The fraction of sp³-hybridized carbons (Fsp3) is 0.286. The highest BCUT2D eigenvalue weighted by molar-refractivity contribution is 6.34. The van der Waals surface area contributed by atoms with Crippen molar-refractivity contribution in [1.82, 2.24) is 4.90 Å². The quantitative estimate of drug-likeness (QED) is 0.872. The standard InChI is InChI=1S/C14H13Cl2NO3/c15-10-4-5-11(16)9(8-10)3-6-13(18)17-7-1-2-12(17)14(19)20/h3-6,8,12H,1-2,7H2,(H,19,20)/b6-3+. The molecule has 6 heteroatoms. The molecule has 1 fully saturated rings. The number of amides is 1. The molecule has 0 aromatic heterocycles. The van der Waals surface area contributed by atoms with E-state index in [0.717, 1.165) is 0 Å². The smallest absolute Gasteiger partial charge is 0.326 e. The Labute approximate surface area is 126 Å². The summed E-state index contributed by atoms with van der Waals surface area (Å²) in [6, 6.07) is 4.21. The predicted octanol–water partition coefficient (Wildman–Crippen LogP) is 3.08. The fourth-order valence-electron chi connectivity index (χ4n) is 2.19. The van der Waals surface area contributed by atoms with Crippen molar-refractivity contribution in [2.75, 3.05) is 6.54 Å². The highest BCUT2D eigenvalue weighted by atomic mass is 35.5. The van der Waals surface area contributed by atoms with Crippen molar-refractivity contribution in [1.29, 1.82) is 0 Å². The number of carboxylic acid groups (broad SMARTS) is 1. The van der Waals surface area contributed by atoms with E-state index in [1.165, 1.54) is 11.0 Å². The second-order valence-electron chi connectivity index (χ2n) is 4.53. The molecule has 2 rings (SSSR count). The van der Waals surface area contributed by atoms with Crippen molar-refractivity contribution in [3.8, 4) is 0 Å². The van der Waals surface area contributed by atoms with Crippen LogP contribution in [-0.4, -0.2) is 34.5 Å². The predicted molar refractivity (Wildman–Crippen MR) is 77.9 cm³/mol. The average molecular weight is 314 g/mol. The lowest BCUT2D eigenvalue weighted by molar-refractivity contribution is -0.146. The number of likely N-dealkylation sites (tertiary alicyclic amines) is 1. The lowest BCUT2D eigenvalue weighted by atomic mass is 10.2. The Morgan fingerprint density at radius 3 is 2.80 bits per heavy atom. The first-order valence-corrected chi connectivity index (χ1v) is 6.91. The first kappa shape index (κ1) is 14.9. The number of hydrogen-bond acceptors (Lipinski definition) is 2.